The first-order valence-corrected chi connectivity index (χ1v) is 8.82. The third-order valence-electron chi connectivity index (χ3n) is 6.96. The normalized spacial score (nSPS) is 54.3. The highest BCUT2D eigenvalue weighted by Gasteiger charge is 2.54. The molecule has 0 aliphatic heterocycles. The van der Waals surface area contributed by atoms with Crippen molar-refractivity contribution in [2.75, 3.05) is 6.54 Å². The van der Waals surface area contributed by atoms with Gasteiger partial charge in [0.2, 0.25) is 0 Å². The van der Waals surface area contributed by atoms with Crippen molar-refractivity contribution in [2.45, 2.75) is 76.0 Å². The Hall–Kier alpha value is -0.120. The van der Waals surface area contributed by atoms with Crippen LogP contribution in [0.3, 0.4) is 0 Å². The van der Waals surface area contributed by atoms with Crippen molar-refractivity contribution in [1.82, 2.24) is 5.32 Å². The number of nitrogens with two attached hydrogens (primary N) is 1. The smallest absolute Gasteiger partial charge is 0.0541 e. The Kier molecular flexibility index (Phi) is 3.36. The van der Waals surface area contributed by atoms with Gasteiger partial charge in [-0.1, -0.05) is 0 Å². The molecule has 0 amide bonds. The van der Waals surface area contributed by atoms with E-state index < -0.39 is 0 Å². The molecule has 0 aromatic heterocycles. The molecule has 3 nitrogen and oxygen atoms in total. The maximum atomic E-state index is 9.66. The predicted octanol–water partition coefficient (Wildman–Crippen LogP) is 2.03. The standard InChI is InChI=1S/C17H30N2O/c18-10-17-7-11-5-12(8-17)16(13(6-11)9-17)19-14-1-3-15(20)4-2-14/h11-16,19-20H,1-10,18H2/t11?,12-,13+,14?,15?,16-,17-. The summed E-state index contributed by atoms with van der Waals surface area (Å²) in [6.07, 6.45) is 11.4. The van der Waals surface area contributed by atoms with Crippen molar-refractivity contribution in [3.8, 4) is 0 Å². The Morgan fingerprint density at radius 1 is 1.00 bits per heavy atom. The van der Waals surface area contributed by atoms with E-state index in [9.17, 15) is 5.11 Å². The maximum Gasteiger partial charge on any atom is 0.0541 e. The molecular formula is C17H30N2O. The minimum atomic E-state index is -0.0351. The average molecular weight is 278 g/mol. The van der Waals surface area contributed by atoms with Gasteiger partial charge in [0.15, 0.2) is 0 Å². The molecule has 3 heteroatoms. The van der Waals surface area contributed by atoms with Gasteiger partial charge < -0.3 is 16.2 Å². The van der Waals surface area contributed by atoms with Gasteiger partial charge in [0.25, 0.3) is 0 Å². The molecule has 0 heterocycles. The monoisotopic (exact) mass is 278 g/mol. The molecule has 5 rings (SSSR count). The molecule has 0 spiro atoms. The number of aliphatic hydroxyl groups excluding tert-OH is 1. The molecule has 0 aromatic rings. The Morgan fingerprint density at radius 3 is 2.25 bits per heavy atom. The van der Waals surface area contributed by atoms with Gasteiger partial charge in [-0.25, -0.2) is 0 Å². The molecule has 0 radical (unpaired) electrons. The molecule has 5 fully saturated rings. The van der Waals surface area contributed by atoms with Crippen molar-refractivity contribution >= 4 is 0 Å². The van der Waals surface area contributed by atoms with Gasteiger partial charge in [0, 0.05) is 12.1 Å². The summed E-state index contributed by atoms with van der Waals surface area (Å²) in [5, 5.41) is 13.7. The van der Waals surface area contributed by atoms with E-state index in [0.717, 1.165) is 43.2 Å². The lowest BCUT2D eigenvalue weighted by atomic mass is 9.48. The molecule has 114 valence electrons. The molecule has 1 unspecified atom stereocenters. The summed E-state index contributed by atoms with van der Waals surface area (Å²) < 4.78 is 0. The molecule has 20 heavy (non-hydrogen) atoms. The van der Waals surface area contributed by atoms with E-state index in [-0.39, 0.29) is 6.10 Å². The van der Waals surface area contributed by atoms with Crippen LogP contribution in [0.25, 0.3) is 0 Å². The number of rotatable bonds is 3. The SMILES string of the molecule is NC[C@]12CC3C[C@H](C1)[C@@H](NC1CCC(O)CC1)[C@@H](C3)C2. The third-order valence-corrected chi connectivity index (χ3v) is 6.96. The van der Waals surface area contributed by atoms with Gasteiger partial charge in [0.05, 0.1) is 6.10 Å². The van der Waals surface area contributed by atoms with Crippen LogP contribution in [0.5, 0.6) is 0 Å². The number of aliphatic hydroxyl groups is 1. The van der Waals surface area contributed by atoms with Crippen LogP contribution >= 0.6 is 0 Å². The first-order chi connectivity index (χ1) is 9.67. The first-order valence-electron chi connectivity index (χ1n) is 8.82. The van der Waals surface area contributed by atoms with Gasteiger partial charge in [-0.15, -0.1) is 0 Å². The lowest BCUT2D eigenvalue weighted by molar-refractivity contribution is -0.0756. The highest BCUT2D eigenvalue weighted by molar-refractivity contribution is 5.08. The van der Waals surface area contributed by atoms with Crippen LogP contribution in [0.4, 0.5) is 0 Å². The Bertz CT molecular complexity index is 348. The predicted molar refractivity (Wildman–Crippen MR) is 80.2 cm³/mol. The Labute approximate surface area is 122 Å². The zero-order chi connectivity index (χ0) is 13.7. The van der Waals surface area contributed by atoms with Crippen LogP contribution < -0.4 is 11.1 Å². The van der Waals surface area contributed by atoms with Crippen LogP contribution in [-0.4, -0.2) is 29.8 Å². The summed E-state index contributed by atoms with van der Waals surface area (Å²) in [4.78, 5) is 0. The minimum Gasteiger partial charge on any atom is -0.393 e. The van der Waals surface area contributed by atoms with Gasteiger partial charge in [-0.3, -0.25) is 0 Å². The summed E-state index contributed by atoms with van der Waals surface area (Å²) >= 11 is 0. The van der Waals surface area contributed by atoms with Crippen molar-refractivity contribution in [1.29, 1.82) is 0 Å². The summed E-state index contributed by atoms with van der Waals surface area (Å²) in [6, 6.07) is 1.42. The van der Waals surface area contributed by atoms with Crippen molar-refractivity contribution in [2.24, 2.45) is 28.9 Å². The number of hydrogen-bond acceptors (Lipinski definition) is 3. The molecule has 5 atom stereocenters. The van der Waals surface area contributed by atoms with Crippen molar-refractivity contribution in [3.63, 3.8) is 0 Å². The van der Waals surface area contributed by atoms with Crippen LogP contribution in [-0.2, 0) is 0 Å². The molecular weight excluding hydrogens is 248 g/mol. The Balaban J connectivity index is 1.43. The second-order valence-electron chi connectivity index (χ2n) is 8.37. The summed E-state index contributed by atoms with van der Waals surface area (Å²) in [5.41, 5.74) is 6.64. The maximum absolute atomic E-state index is 9.66. The molecule has 4 N–H and O–H groups in total. The topological polar surface area (TPSA) is 58.3 Å². The molecule has 5 saturated carbocycles. The summed E-state index contributed by atoms with van der Waals surface area (Å²) in [6.45, 7) is 0.916. The third kappa shape index (κ3) is 2.22. The second-order valence-corrected chi connectivity index (χ2v) is 8.37. The van der Waals surface area contributed by atoms with Crippen LogP contribution in [0.1, 0.15) is 57.8 Å². The fourth-order valence-corrected chi connectivity index (χ4v) is 6.23. The van der Waals surface area contributed by atoms with E-state index in [1.807, 2.05) is 0 Å². The molecule has 0 aromatic carbocycles. The zero-order valence-corrected chi connectivity index (χ0v) is 12.6. The molecule has 0 saturated heterocycles. The largest absolute Gasteiger partial charge is 0.393 e. The van der Waals surface area contributed by atoms with E-state index in [1.54, 1.807) is 0 Å². The van der Waals surface area contributed by atoms with Gasteiger partial charge in [-0.2, -0.15) is 0 Å². The van der Waals surface area contributed by atoms with E-state index in [2.05, 4.69) is 5.32 Å². The zero-order valence-electron chi connectivity index (χ0n) is 12.6. The van der Waals surface area contributed by atoms with Crippen LogP contribution in [0.2, 0.25) is 0 Å². The highest BCUT2D eigenvalue weighted by atomic mass is 16.3. The van der Waals surface area contributed by atoms with E-state index in [1.165, 1.54) is 44.9 Å². The van der Waals surface area contributed by atoms with Crippen LogP contribution in [0.15, 0.2) is 0 Å². The fourth-order valence-electron chi connectivity index (χ4n) is 6.23. The Morgan fingerprint density at radius 2 is 1.65 bits per heavy atom. The average Bonchev–Trinajstić information content (AvgIpc) is 2.44. The van der Waals surface area contributed by atoms with E-state index >= 15 is 0 Å². The summed E-state index contributed by atoms with van der Waals surface area (Å²) in [7, 11) is 0. The number of nitrogens with one attached hydrogen (secondary N) is 1. The molecule has 4 bridgehead atoms. The van der Waals surface area contributed by atoms with Crippen molar-refractivity contribution in [3.05, 3.63) is 0 Å². The second kappa shape index (κ2) is 4.96. The lowest BCUT2D eigenvalue weighted by Gasteiger charge is -2.60. The van der Waals surface area contributed by atoms with Crippen molar-refractivity contribution < 1.29 is 5.11 Å². The first kappa shape index (κ1) is 13.5. The van der Waals surface area contributed by atoms with E-state index in [0.29, 0.717) is 11.5 Å². The lowest BCUT2D eigenvalue weighted by Crippen LogP contribution is -2.61. The van der Waals surface area contributed by atoms with E-state index in [4.69, 9.17) is 5.73 Å². The van der Waals surface area contributed by atoms with Gasteiger partial charge >= 0.3 is 0 Å². The fraction of sp³-hybridized carbons (Fsp3) is 1.00. The number of hydrogen-bond donors (Lipinski definition) is 3. The molecule has 5 aliphatic rings. The highest BCUT2D eigenvalue weighted by Crippen LogP contribution is 2.59. The molecule has 5 aliphatic carbocycles. The summed E-state index contributed by atoms with van der Waals surface area (Å²) in [5.74, 6) is 2.75. The van der Waals surface area contributed by atoms with Crippen LogP contribution in [0, 0.1) is 23.2 Å². The minimum absolute atomic E-state index is 0.0351. The van der Waals surface area contributed by atoms with Gasteiger partial charge in [-0.05, 0) is 87.5 Å². The van der Waals surface area contributed by atoms with Gasteiger partial charge in [0.1, 0.15) is 0 Å². The quantitative estimate of drug-likeness (QED) is 0.740.